The van der Waals surface area contributed by atoms with Gasteiger partial charge in [-0.15, -0.1) is 10.2 Å². The van der Waals surface area contributed by atoms with E-state index in [-0.39, 0.29) is 23.8 Å². The number of aliphatic hydroxyl groups excluding tert-OH is 1. The van der Waals surface area contributed by atoms with E-state index in [9.17, 15) is 17.9 Å². The number of ether oxygens (including phenoxy) is 2. The highest BCUT2D eigenvalue weighted by atomic mass is 32.2. The lowest BCUT2D eigenvalue weighted by molar-refractivity contribution is 0.170. The van der Waals surface area contributed by atoms with Gasteiger partial charge < -0.3 is 19.0 Å². The Morgan fingerprint density at radius 1 is 1.05 bits per heavy atom. The maximum absolute atomic E-state index is 14.5. The van der Waals surface area contributed by atoms with Gasteiger partial charge in [0.25, 0.3) is 0 Å². The Hall–Kier alpha value is -3.55. The minimum absolute atomic E-state index is 0.0519. The van der Waals surface area contributed by atoms with Crippen molar-refractivity contribution in [3.05, 3.63) is 71.8 Å². The number of aromatic nitrogens is 4. The number of methoxy groups -OCH3 is 2. The third-order valence-electron chi connectivity index (χ3n) is 7.13. The average molecular weight is 617 g/mol. The summed E-state index contributed by atoms with van der Waals surface area (Å²) in [5.74, 6) is 1.64. The van der Waals surface area contributed by atoms with Crippen molar-refractivity contribution in [2.45, 2.75) is 62.6 Å². The van der Waals surface area contributed by atoms with Crippen LogP contribution in [-0.2, 0) is 9.84 Å². The van der Waals surface area contributed by atoms with Crippen LogP contribution in [0, 0.1) is 12.7 Å². The molecule has 1 N–H and O–H groups in total. The van der Waals surface area contributed by atoms with Gasteiger partial charge in [-0.3, -0.25) is 9.55 Å². The Labute approximate surface area is 246 Å². The topological polar surface area (TPSA) is 130 Å². The number of hydrogen-bond donors (Lipinski definition) is 1. The quantitative estimate of drug-likeness (QED) is 0.199. The first-order valence-electron chi connectivity index (χ1n) is 13.5. The summed E-state index contributed by atoms with van der Waals surface area (Å²) in [7, 11) is -2.91. The summed E-state index contributed by atoms with van der Waals surface area (Å²) >= 11 is 0. The highest BCUT2D eigenvalue weighted by Crippen LogP contribution is 2.42. The number of sulfone groups is 1. The van der Waals surface area contributed by atoms with Crippen LogP contribution in [0.4, 0.5) is 4.39 Å². The van der Waals surface area contributed by atoms with E-state index >= 15 is 0 Å². The van der Waals surface area contributed by atoms with Gasteiger partial charge in [-0.05, 0) is 56.7 Å². The molecule has 0 aliphatic heterocycles. The second-order valence-electron chi connectivity index (χ2n) is 11.4. The molecule has 1 unspecified atom stereocenters. The van der Waals surface area contributed by atoms with Crippen molar-refractivity contribution < 1.29 is 31.8 Å². The largest absolute Gasteiger partial charge is 0.494 e. The van der Waals surface area contributed by atoms with E-state index in [0.717, 1.165) is 12.3 Å². The molecule has 0 bridgehead atoms. The smallest absolute Gasteiger partial charge is 0.204 e. The van der Waals surface area contributed by atoms with E-state index in [1.807, 2.05) is 0 Å². The molecule has 0 saturated heterocycles. The summed E-state index contributed by atoms with van der Waals surface area (Å²) < 4.78 is 61.3. The predicted molar refractivity (Wildman–Crippen MR) is 160 cm³/mol. The summed E-state index contributed by atoms with van der Waals surface area (Å²) in [6.07, 6.45) is -0.323. The molecular weight excluding hydrogens is 579 g/mol. The van der Waals surface area contributed by atoms with Crippen molar-refractivity contribution in [2.24, 2.45) is 0 Å². The van der Waals surface area contributed by atoms with Crippen molar-refractivity contribution >= 4 is 17.9 Å². The first kappa shape index (κ1) is 31.4. The number of furan rings is 1. The predicted octanol–water partition coefficient (Wildman–Crippen LogP) is 5.69. The Morgan fingerprint density at radius 3 is 2.24 bits per heavy atom. The van der Waals surface area contributed by atoms with Crippen molar-refractivity contribution in [2.75, 3.05) is 14.2 Å². The molecule has 226 valence electrons. The van der Waals surface area contributed by atoms with E-state index in [4.69, 9.17) is 13.9 Å². The van der Waals surface area contributed by atoms with Crippen molar-refractivity contribution in [3.8, 4) is 28.8 Å². The van der Waals surface area contributed by atoms with Crippen LogP contribution in [0.3, 0.4) is 0 Å². The fraction of sp³-hybridized carbons (Fsp3) is 0.414. The molecule has 0 aliphatic rings. The molecule has 3 heterocycles. The average Bonchev–Trinajstić information content (AvgIpc) is 3.57. The number of halogens is 1. The SMILES string of the molecule is COc1cccc(OC)c1-n1c(-c2ccc(C)o2)nnc1C(CC[Si](C)(C)C)S(=O)(=O)[C@H](C)[C@H](O)c1ccc(F)cn1. The van der Waals surface area contributed by atoms with E-state index in [2.05, 4.69) is 34.8 Å². The minimum atomic E-state index is -4.16. The van der Waals surface area contributed by atoms with Crippen LogP contribution < -0.4 is 9.47 Å². The standard InChI is InChI=1S/C29H37FN4O6SSi/c1-18-11-14-24(40-18)28-32-33-29(34(28)26-22(38-3)9-8-10-23(26)39-4)25(15-16-42(5,6)7)41(36,37)19(2)27(35)21-13-12-20(30)17-31-21/h8-14,17,19,25,27,35H,15-16H2,1-7H3/t19-,25?,27+/m1/s1. The molecule has 3 aromatic heterocycles. The molecular formula is C29H37FN4O6SSi. The van der Waals surface area contributed by atoms with Gasteiger partial charge in [-0.25, -0.2) is 12.8 Å². The van der Waals surface area contributed by atoms with Crippen molar-refractivity contribution in [3.63, 3.8) is 0 Å². The third-order valence-corrected chi connectivity index (χ3v) is 11.5. The van der Waals surface area contributed by atoms with Gasteiger partial charge >= 0.3 is 0 Å². The Morgan fingerprint density at radius 2 is 1.71 bits per heavy atom. The molecule has 10 nitrogen and oxygen atoms in total. The maximum Gasteiger partial charge on any atom is 0.204 e. The van der Waals surface area contributed by atoms with Gasteiger partial charge in [-0.1, -0.05) is 31.8 Å². The molecule has 0 amide bonds. The lowest BCUT2D eigenvalue weighted by atomic mass is 10.2. The van der Waals surface area contributed by atoms with Crippen LogP contribution in [0.2, 0.25) is 25.7 Å². The molecule has 42 heavy (non-hydrogen) atoms. The molecule has 4 aromatic rings. The van der Waals surface area contributed by atoms with Crippen molar-refractivity contribution in [1.82, 2.24) is 19.7 Å². The zero-order chi connectivity index (χ0) is 30.8. The van der Waals surface area contributed by atoms with Gasteiger partial charge in [0.05, 0.1) is 31.4 Å². The highest BCUT2D eigenvalue weighted by Gasteiger charge is 2.42. The number of hydrogen-bond acceptors (Lipinski definition) is 9. The van der Waals surface area contributed by atoms with Gasteiger partial charge in [0.15, 0.2) is 21.4 Å². The first-order chi connectivity index (χ1) is 19.8. The molecule has 0 saturated carbocycles. The summed E-state index contributed by atoms with van der Waals surface area (Å²) in [4.78, 5) is 3.93. The number of rotatable bonds is 12. The van der Waals surface area contributed by atoms with E-state index in [0.29, 0.717) is 34.8 Å². The molecule has 3 atom stereocenters. The lowest BCUT2D eigenvalue weighted by Crippen LogP contribution is -2.33. The Bertz CT molecular complexity index is 1610. The molecule has 0 radical (unpaired) electrons. The second kappa shape index (κ2) is 12.4. The fourth-order valence-corrected chi connectivity index (χ4v) is 8.01. The summed E-state index contributed by atoms with van der Waals surface area (Å²) in [5.41, 5.74) is 0.462. The molecule has 0 spiro atoms. The number of para-hydroxylation sites is 1. The van der Waals surface area contributed by atoms with Crippen LogP contribution in [0.15, 0.2) is 53.1 Å². The zero-order valence-electron chi connectivity index (χ0n) is 24.8. The van der Waals surface area contributed by atoms with E-state index < -0.39 is 40.3 Å². The molecule has 1 aromatic carbocycles. The van der Waals surface area contributed by atoms with Crippen LogP contribution in [0.5, 0.6) is 11.5 Å². The third kappa shape index (κ3) is 6.42. The van der Waals surface area contributed by atoms with Gasteiger partial charge in [0, 0.05) is 8.07 Å². The van der Waals surface area contributed by atoms with Crippen LogP contribution in [-0.4, -0.2) is 60.8 Å². The maximum atomic E-state index is 14.5. The van der Waals surface area contributed by atoms with Crippen molar-refractivity contribution in [1.29, 1.82) is 0 Å². The highest BCUT2D eigenvalue weighted by molar-refractivity contribution is 7.92. The number of aliphatic hydroxyl groups is 1. The number of nitrogens with zero attached hydrogens (tertiary/aromatic N) is 4. The number of aryl methyl sites for hydroxylation is 1. The monoisotopic (exact) mass is 616 g/mol. The first-order valence-corrected chi connectivity index (χ1v) is 18.9. The van der Waals surface area contributed by atoms with Crippen LogP contribution >= 0.6 is 0 Å². The fourth-order valence-electron chi connectivity index (χ4n) is 4.74. The molecule has 13 heteroatoms. The summed E-state index contributed by atoms with van der Waals surface area (Å²) in [6, 6.07) is 11.8. The molecule has 4 rings (SSSR count). The zero-order valence-corrected chi connectivity index (χ0v) is 26.6. The van der Waals surface area contributed by atoms with E-state index in [1.54, 1.807) is 41.8 Å². The number of pyridine rings is 1. The van der Waals surface area contributed by atoms with Gasteiger partial charge in [0.2, 0.25) is 5.82 Å². The van der Waals surface area contributed by atoms with Gasteiger partial charge in [-0.2, -0.15) is 0 Å². The Kier molecular flexibility index (Phi) is 9.23. The lowest BCUT2D eigenvalue weighted by Gasteiger charge is -2.27. The Balaban J connectivity index is 1.96. The van der Waals surface area contributed by atoms with E-state index in [1.165, 1.54) is 27.2 Å². The summed E-state index contributed by atoms with van der Waals surface area (Å²) in [6.45, 7) is 9.68. The molecule has 0 fully saturated rings. The van der Waals surface area contributed by atoms with Crippen LogP contribution in [0.1, 0.15) is 42.0 Å². The number of benzene rings is 1. The van der Waals surface area contributed by atoms with Gasteiger partial charge in [0.1, 0.15) is 40.1 Å². The summed E-state index contributed by atoms with van der Waals surface area (Å²) in [5, 5.41) is 17.5. The second-order valence-corrected chi connectivity index (χ2v) is 19.5. The normalized spacial score (nSPS) is 14.4. The molecule has 0 aliphatic carbocycles. The van der Waals surface area contributed by atoms with Crippen LogP contribution in [0.25, 0.3) is 17.3 Å². The minimum Gasteiger partial charge on any atom is -0.494 e.